The molecular weight excluding hydrogens is 249 g/mol. The number of amides is 1. The number of unbranched alkanes of at least 4 members (excludes halogenated alkanes) is 3. The molecule has 0 heterocycles. The second kappa shape index (κ2) is 8.24. The summed E-state index contributed by atoms with van der Waals surface area (Å²) in [6, 6.07) is 5.61. The first-order valence-corrected chi connectivity index (χ1v) is 6.35. The van der Waals surface area contributed by atoms with E-state index in [2.05, 4.69) is 5.32 Å². The van der Waals surface area contributed by atoms with Crippen molar-refractivity contribution in [1.29, 1.82) is 0 Å². The summed E-state index contributed by atoms with van der Waals surface area (Å²) in [6.45, 7) is 0. The van der Waals surface area contributed by atoms with Crippen molar-refractivity contribution in [2.24, 2.45) is 0 Å². The van der Waals surface area contributed by atoms with Crippen molar-refractivity contribution >= 4 is 17.6 Å². The van der Waals surface area contributed by atoms with Gasteiger partial charge in [0.05, 0.1) is 0 Å². The molecule has 0 atom stereocenters. The lowest BCUT2D eigenvalue weighted by Gasteiger charge is -2.04. The lowest BCUT2D eigenvalue weighted by atomic mass is 10.1. The largest absolute Gasteiger partial charge is 0.481 e. The normalized spacial score (nSPS) is 10.2. The Morgan fingerprint density at radius 3 is 2.16 bits per heavy atom. The van der Waals surface area contributed by atoms with Crippen LogP contribution in [0.1, 0.15) is 38.5 Å². The number of aliphatic carboxylic acids is 1. The molecule has 1 rings (SSSR count). The van der Waals surface area contributed by atoms with Gasteiger partial charge in [0.15, 0.2) is 0 Å². The fourth-order valence-electron chi connectivity index (χ4n) is 1.67. The summed E-state index contributed by atoms with van der Waals surface area (Å²) in [4.78, 5) is 21.8. The molecule has 0 saturated heterocycles. The molecule has 2 N–H and O–H groups in total. The van der Waals surface area contributed by atoms with Gasteiger partial charge in [-0.3, -0.25) is 9.59 Å². The second-order valence-corrected chi connectivity index (χ2v) is 4.36. The van der Waals surface area contributed by atoms with Crippen LogP contribution in [-0.2, 0) is 9.59 Å². The smallest absolute Gasteiger partial charge is 0.303 e. The quantitative estimate of drug-likeness (QED) is 0.711. The molecule has 1 aromatic carbocycles. The van der Waals surface area contributed by atoms with Crippen molar-refractivity contribution in [3.05, 3.63) is 30.1 Å². The third kappa shape index (κ3) is 7.18. The number of halogens is 1. The number of carboxylic acids is 1. The van der Waals surface area contributed by atoms with E-state index in [1.807, 2.05) is 0 Å². The van der Waals surface area contributed by atoms with Crippen LogP contribution in [0.2, 0.25) is 0 Å². The molecule has 1 amide bonds. The number of carbonyl (C=O) groups excluding carboxylic acids is 1. The predicted molar refractivity (Wildman–Crippen MR) is 70.4 cm³/mol. The highest BCUT2D eigenvalue weighted by atomic mass is 19.1. The first-order chi connectivity index (χ1) is 9.08. The monoisotopic (exact) mass is 267 g/mol. The first kappa shape index (κ1) is 15.1. The maximum Gasteiger partial charge on any atom is 0.303 e. The maximum atomic E-state index is 12.6. The number of carboxylic acid groups (broad SMARTS) is 1. The lowest BCUT2D eigenvalue weighted by molar-refractivity contribution is -0.137. The van der Waals surface area contributed by atoms with Crippen molar-refractivity contribution < 1.29 is 19.1 Å². The highest BCUT2D eigenvalue weighted by Gasteiger charge is 2.03. The van der Waals surface area contributed by atoms with E-state index in [0.29, 0.717) is 18.5 Å². The van der Waals surface area contributed by atoms with Gasteiger partial charge in [-0.05, 0) is 37.1 Å². The van der Waals surface area contributed by atoms with Gasteiger partial charge >= 0.3 is 5.97 Å². The highest BCUT2D eigenvalue weighted by Crippen LogP contribution is 2.10. The van der Waals surface area contributed by atoms with Gasteiger partial charge in [-0.25, -0.2) is 4.39 Å². The first-order valence-electron chi connectivity index (χ1n) is 6.35. The SMILES string of the molecule is O=C(O)CCCCCCC(=O)Nc1ccc(F)cc1. The van der Waals surface area contributed by atoms with E-state index in [4.69, 9.17) is 5.11 Å². The van der Waals surface area contributed by atoms with Gasteiger partial charge < -0.3 is 10.4 Å². The Kier molecular flexibility index (Phi) is 6.57. The molecule has 0 unspecified atom stereocenters. The third-order valence-corrected chi connectivity index (χ3v) is 2.67. The number of hydrogen-bond donors (Lipinski definition) is 2. The molecule has 0 aliphatic carbocycles. The number of carbonyl (C=O) groups is 2. The van der Waals surface area contributed by atoms with Crippen molar-refractivity contribution in [2.75, 3.05) is 5.32 Å². The molecule has 0 bridgehead atoms. The summed E-state index contributed by atoms with van der Waals surface area (Å²) >= 11 is 0. The van der Waals surface area contributed by atoms with E-state index in [1.165, 1.54) is 24.3 Å². The fourth-order valence-corrected chi connectivity index (χ4v) is 1.67. The molecule has 1 aromatic rings. The molecule has 0 aliphatic rings. The summed E-state index contributed by atoms with van der Waals surface area (Å²) in [5.41, 5.74) is 0.581. The Morgan fingerprint density at radius 2 is 1.58 bits per heavy atom. The number of hydrogen-bond acceptors (Lipinski definition) is 2. The van der Waals surface area contributed by atoms with E-state index in [9.17, 15) is 14.0 Å². The predicted octanol–water partition coefficient (Wildman–Crippen LogP) is 3.19. The summed E-state index contributed by atoms with van der Waals surface area (Å²) in [5, 5.41) is 11.1. The van der Waals surface area contributed by atoms with Gasteiger partial charge in [0, 0.05) is 18.5 Å². The van der Waals surface area contributed by atoms with Crippen molar-refractivity contribution in [2.45, 2.75) is 38.5 Å². The molecule has 0 aliphatic heterocycles. The minimum absolute atomic E-state index is 0.107. The number of benzene rings is 1. The summed E-state index contributed by atoms with van der Waals surface area (Å²) < 4.78 is 12.6. The zero-order chi connectivity index (χ0) is 14.1. The Hall–Kier alpha value is -1.91. The summed E-state index contributed by atoms with van der Waals surface area (Å²) in [5.74, 6) is -1.23. The number of anilines is 1. The number of rotatable bonds is 8. The molecule has 0 spiro atoms. The van der Waals surface area contributed by atoms with Crippen LogP contribution in [0.25, 0.3) is 0 Å². The minimum atomic E-state index is -0.783. The van der Waals surface area contributed by atoms with Gasteiger partial charge in [-0.1, -0.05) is 12.8 Å². The minimum Gasteiger partial charge on any atom is -0.481 e. The zero-order valence-electron chi connectivity index (χ0n) is 10.7. The molecule has 0 fully saturated rings. The molecule has 4 nitrogen and oxygen atoms in total. The topological polar surface area (TPSA) is 66.4 Å². The Balaban J connectivity index is 2.11. The van der Waals surface area contributed by atoms with Crippen LogP contribution in [0, 0.1) is 5.82 Å². The van der Waals surface area contributed by atoms with Crippen molar-refractivity contribution in [3.63, 3.8) is 0 Å². The molecule has 0 saturated carbocycles. The Morgan fingerprint density at radius 1 is 1.00 bits per heavy atom. The summed E-state index contributed by atoms with van der Waals surface area (Å²) in [7, 11) is 0. The van der Waals surface area contributed by atoms with Gasteiger partial charge in [-0.15, -0.1) is 0 Å². The van der Waals surface area contributed by atoms with Gasteiger partial charge in [0.1, 0.15) is 5.82 Å². The standard InChI is InChI=1S/C14H18FNO3/c15-11-7-9-12(10-8-11)16-13(17)5-3-1-2-4-6-14(18)19/h7-10H,1-6H2,(H,16,17)(H,18,19). The van der Waals surface area contributed by atoms with E-state index < -0.39 is 5.97 Å². The molecule has 5 heteroatoms. The molecule has 104 valence electrons. The van der Waals surface area contributed by atoms with Crippen molar-refractivity contribution in [1.82, 2.24) is 0 Å². The Labute approximate surface area is 111 Å². The third-order valence-electron chi connectivity index (χ3n) is 2.67. The Bertz CT molecular complexity index is 417. The van der Waals surface area contributed by atoms with Gasteiger partial charge in [0.25, 0.3) is 0 Å². The van der Waals surface area contributed by atoms with Crippen LogP contribution in [-0.4, -0.2) is 17.0 Å². The lowest BCUT2D eigenvalue weighted by Crippen LogP contribution is -2.10. The van der Waals surface area contributed by atoms with E-state index in [1.54, 1.807) is 0 Å². The van der Waals surface area contributed by atoms with Gasteiger partial charge in [0.2, 0.25) is 5.91 Å². The highest BCUT2D eigenvalue weighted by molar-refractivity contribution is 5.90. The average molecular weight is 267 g/mol. The van der Waals surface area contributed by atoms with E-state index in [-0.39, 0.29) is 18.1 Å². The summed E-state index contributed by atoms with van der Waals surface area (Å²) in [6.07, 6.45) is 3.61. The van der Waals surface area contributed by atoms with Crippen LogP contribution in [0.4, 0.5) is 10.1 Å². The van der Waals surface area contributed by atoms with E-state index in [0.717, 1.165) is 19.3 Å². The molecular formula is C14H18FNO3. The van der Waals surface area contributed by atoms with Crippen LogP contribution in [0.3, 0.4) is 0 Å². The van der Waals surface area contributed by atoms with Crippen LogP contribution in [0.15, 0.2) is 24.3 Å². The molecule has 0 radical (unpaired) electrons. The average Bonchev–Trinajstić information content (AvgIpc) is 2.36. The van der Waals surface area contributed by atoms with Crippen LogP contribution >= 0.6 is 0 Å². The maximum absolute atomic E-state index is 12.6. The number of nitrogens with one attached hydrogen (secondary N) is 1. The second-order valence-electron chi connectivity index (χ2n) is 4.36. The zero-order valence-corrected chi connectivity index (χ0v) is 10.7. The fraction of sp³-hybridized carbons (Fsp3) is 0.429. The molecule has 19 heavy (non-hydrogen) atoms. The van der Waals surface area contributed by atoms with Crippen LogP contribution < -0.4 is 5.32 Å². The van der Waals surface area contributed by atoms with E-state index >= 15 is 0 Å². The van der Waals surface area contributed by atoms with Crippen molar-refractivity contribution in [3.8, 4) is 0 Å². The van der Waals surface area contributed by atoms with Crippen LogP contribution in [0.5, 0.6) is 0 Å². The van der Waals surface area contributed by atoms with Gasteiger partial charge in [-0.2, -0.15) is 0 Å². The molecule has 0 aromatic heterocycles.